The van der Waals surface area contributed by atoms with E-state index in [-0.39, 0.29) is 12.5 Å². The summed E-state index contributed by atoms with van der Waals surface area (Å²) in [4.78, 5) is 10.5. The van der Waals surface area contributed by atoms with E-state index in [1.165, 1.54) is 19.3 Å². The predicted molar refractivity (Wildman–Crippen MR) is 62.9 cm³/mol. The summed E-state index contributed by atoms with van der Waals surface area (Å²) in [6.07, 6.45) is 4.67. The summed E-state index contributed by atoms with van der Waals surface area (Å²) in [5, 5.41) is 8.68. The van der Waals surface area contributed by atoms with Gasteiger partial charge in [-0.1, -0.05) is 13.8 Å². The molecule has 3 fully saturated rings. The van der Waals surface area contributed by atoms with Gasteiger partial charge >= 0.3 is 5.97 Å². The van der Waals surface area contributed by atoms with Crippen molar-refractivity contribution in [1.29, 1.82) is 0 Å². The Labute approximate surface area is 97.4 Å². The van der Waals surface area contributed by atoms with Crippen LogP contribution in [-0.4, -0.2) is 17.1 Å². The van der Waals surface area contributed by atoms with Crippen molar-refractivity contribution in [3.63, 3.8) is 0 Å². The van der Waals surface area contributed by atoms with E-state index in [4.69, 9.17) is 10.8 Å². The highest BCUT2D eigenvalue weighted by Crippen LogP contribution is 2.61. The minimum Gasteiger partial charge on any atom is -0.481 e. The molecule has 92 valence electrons. The van der Waals surface area contributed by atoms with Crippen molar-refractivity contribution in [1.82, 2.24) is 0 Å². The zero-order valence-corrected chi connectivity index (χ0v) is 10.3. The van der Waals surface area contributed by atoms with Gasteiger partial charge in [0.1, 0.15) is 0 Å². The third kappa shape index (κ3) is 1.86. The van der Waals surface area contributed by atoms with Gasteiger partial charge in [-0.15, -0.1) is 0 Å². The van der Waals surface area contributed by atoms with Crippen LogP contribution in [0.15, 0.2) is 0 Å². The zero-order valence-electron chi connectivity index (χ0n) is 10.3. The standard InChI is InChI=1S/C13H23NO2/c1-13(2)8-3-4-9(10(13)7-8)11(14)5-6-12(15)16/h8-11H,3-7,14H2,1-2H3,(H,15,16)/t8-,9?,10-,11?/m0/s1. The maximum atomic E-state index is 10.5. The number of carbonyl (C=O) groups is 1. The largest absolute Gasteiger partial charge is 0.481 e. The number of carboxylic acid groups (broad SMARTS) is 1. The van der Waals surface area contributed by atoms with Crippen LogP contribution in [0.4, 0.5) is 0 Å². The number of hydrogen-bond acceptors (Lipinski definition) is 2. The summed E-state index contributed by atoms with van der Waals surface area (Å²) < 4.78 is 0. The molecule has 4 atom stereocenters. The van der Waals surface area contributed by atoms with Crippen LogP contribution >= 0.6 is 0 Å². The Bertz CT molecular complexity index is 286. The van der Waals surface area contributed by atoms with Crippen molar-refractivity contribution in [3.05, 3.63) is 0 Å². The summed E-state index contributed by atoms with van der Waals surface area (Å²) >= 11 is 0. The first-order valence-corrected chi connectivity index (χ1v) is 6.40. The first-order chi connectivity index (χ1) is 7.43. The van der Waals surface area contributed by atoms with Crippen molar-refractivity contribution in [2.75, 3.05) is 0 Å². The van der Waals surface area contributed by atoms with E-state index in [1.54, 1.807) is 0 Å². The molecule has 0 radical (unpaired) electrons. The summed E-state index contributed by atoms with van der Waals surface area (Å²) in [7, 11) is 0. The highest BCUT2D eigenvalue weighted by Gasteiger charge is 2.55. The summed E-state index contributed by atoms with van der Waals surface area (Å²) in [6, 6.07) is 0.0848. The van der Waals surface area contributed by atoms with Gasteiger partial charge in [-0.25, -0.2) is 0 Å². The smallest absolute Gasteiger partial charge is 0.303 e. The highest BCUT2D eigenvalue weighted by atomic mass is 16.4. The van der Waals surface area contributed by atoms with Gasteiger partial charge in [-0.2, -0.15) is 0 Å². The summed E-state index contributed by atoms with van der Waals surface area (Å²) in [6.45, 7) is 4.70. The Morgan fingerprint density at radius 3 is 2.69 bits per heavy atom. The van der Waals surface area contributed by atoms with Crippen LogP contribution in [0, 0.1) is 23.2 Å². The lowest BCUT2D eigenvalue weighted by Gasteiger charge is -2.61. The number of rotatable bonds is 4. The molecule has 0 aromatic rings. The average Bonchev–Trinajstić information content (AvgIpc) is 2.25. The number of hydrogen-bond donors (Lipinski definition) is 2. The molecular formula is C13H23NO2. The van der Waals surface area contributed by atoms with Crippen LogP contribution < -0.4 is 5.73 Å². The van der Waals surface area contributed by atoms with E-state index in [9.17, 15) is 4.79 Å². The van der Waals surface area contributed by atoms with Crippen LogP contribution in [-0.2, 0) is 4.79 Å². The highest BCUT2D eigenvalue weighted by molar-refractivity contribution is 5.66. The number of carboxylic acids is 1. The second-order valence-electron chi connectivity index (χ2n) is 6.20. The molecule has 3 heteroatoms. The van der Waals surface area contributed by atoms with E-state index in [2.05, 4.69) is 13.8 Å². The first kappa shape index (κ1) is 11.9. The maximum Gasteiger partial charge on any atom is 0.303 e. The fourth-order valence-corrected chi connectivity index (χ4v) is 3.88. The lowest BCUT2D eigenvalue weighted by atomic mass is 9.44. The molecule has 3 rings (SSSR count). The molecule has 0 heterocycles. The molecule has 2 unspecified atom stereocenters. The van der Waals surface area contributed by atoms with Crippen molar-refractivity contribution >= 4 is 5.97 Å². The molecule has 3 aliphatic rings. The number of aliphatic carboxylic acids is 1. The third-order valence-electron chi connectivity index (χ3n) is 5.15. The molecule has 0 amide bonds. The Balaban J connectivity index is 1.92. The monoisotopic (exact) mass is 225 g/mol. The fraction of sp³-hybridized carbons (Fsp3) is 0.923. The molecule has 0 aromatic carbocycles. The van der Waals surface area contributed by atoms with Crippen molar-refractivity contribution < 1.29 is 9.90 Å². The SMILES string of the molecule is CC1(C)[C@H]2CCC(C(N)CCC(=O)O)[C@@H]1C2. The molecule has 0 aromatic heterocycles. The van der Waals surface area contributed by atoms with E-state index < -0.39 is 5.97 Å². The van der Waals surface area contributed by atoms with Crippen LogP contribution in [0.3, 0.4) is 0 Å². The van der Waals surface area contributed by atoms with Gasteiger partial charge in [0.05, 0.1) is 0 Å². The average molecular weight is 225 g/mol. The van der Waals surface area contributed by atoms with Crippen LogP contribution in [0.2, 0.25) is 0 Å². The van der Waals surface area contributed by atoms with Gasteiger partial charge < -0.3 is 10.8 Å². The zero-order chi connectivity index (χ0) is 11.9. The van der Waals surface area contributed by atoms with Gasteiger partial charge in [-0.05, 0) is 48.9 Å². The second-order valence-corrected chi connectivity index (χ2v) is 6.20. The number of fused-ring (bicyclic) bond motifs is 2. The topological polar surface area (TPSA) is 63.3 Å². The number of nitrogens with two attached hydrogens (primary N) is 1. The van der Waals surface area contributed by atoms with Crippen LogP contribution in [0.1, 0.15) is 46.0 Å². The van der Waals surface area contributed by atoms with Gasteiger partial charge in [-0.3, -0.25) is 4.79 Å². The van der Waals surface area contributed by atoms with E-state index in [0.29, 0.717) is 17.8 Å². The van der Waals surface area contributed by atoms with Crippen LogP contribution in [0.5, 0.6) is 0 Å². The molecule has 2 bridgehead atoms. The van der Waals surface area contributed by atoms with Crippen LogP contribution in [0.25, 0.3) is 0 Å². The lowest BCUT2D eigenvalue weighted by molar-refractivity contribution is -0.138. The Hall–Kier alpha value is -0.570. The van der Waals surface area contributed by atoms with E-state index in [0.717, 1.165) is 11.8 Å². The fourth-order valence-electron chi connectivity index (χ4n) is 3.88. The normalized spacial score (nSPS) is 37.6. The van der Waals surface area contributed by atoms with Gasteiger partial charge in [0, 0.05) is 12.5 Å². The Morgan fingerprint density at radius 2 is 2.19 bits per heavy atom. The van der Waals surface area contributed by atoms with E-state index in [1.807, 2.05) is 0 Å². The molecule has 0 saturated heterocycles. The third-order valence-corrected chi connectivity index (χ3v) is 5.15. The molecule has 0 spiro atoms. The minimum absolute atomic E-state index is 0.0848. The van der Waals surface area contributed by atoms with Crippen molar-refractivity contribution in [3.8, 4) is 0 Å². The Kier molecular flexibility index (Phi) is 2.99. The molecular weight excluding hydrogens is 202 g/mol. The van der Waals surface area contributed by atoms with Crippen molar-refractivity contribution in [2.24, 2.45) is 28.9 Å². The van der Waals surface area contributed by atoms with Gasteiger partial charge in [0.2, 0.25) is 0 Å². The quantitative estimate of drug-likeness (QED) is 0.771. The first-order valence-electron chi connectivity index (χ1n) is 6.40. The molecule has 3 N–H and O–H groups in total. The van der Waals surface area contributed by atoms with Gasteiger partial charge in [0.15, 0.2) is 0 Å². The summed E-state index contributed by atoms with van der Waals surface area (Å²) in [5.74, 6) is 1.45. The molecule has 16 heavy (non-hydrogen) atoms. The summed E-state index contributed by atoms with van der Waals surface area (Å²) in [5.41, 5.74) is 6.62. The Morgan fingerprint density at radius 1 is 1.50 bits per heavy atom. The predicted octanol–water partition coefficient (Wildman–Crippen LogP) is 2.25. The van der Waals surface area contributed by atoms with Gasteiger partial charge in [0.25, 0.3) is 0 Å². The minimum atomic E-state index is -0.725. The molecule has 3 nitrogen and oxygen atoms in total. The molecule has 0 aliphatic heterocycles. The lowest BCUT2D eigenvalue weighted by Crippen LogP contribution is -2.56. The molecule has 3 aliphatic carbocycles. The van der Waals surface area contributed by atoms with E-state index >= 15 is 0 Å². The maximum absolute atomic E-state index is 10.5. The molecule has 3 saturated carbocycles. The van der Waals surface area contributed by atoms with Crippen molar-refractivity contribution in [2.45, 2.75) is 52.0 Å². The second kappa shape index (κ2) is 4.02.